The first-order valence-electron chi connectivity index (χ1n) is 10.4. The van der Waals surface area contributed by atoms with Crippen molar-refractivity contribution in [2.24, 2.45) is 5.92 Å². The zero-order chi connectivity index (χ0) is 20.1. The van der Waals surface area contributed by atoms with Crippen molar-refractivity contribution in [1.29, 1.82) is 0 Å². The number of hydrogen-bond acceptors (Lipinski definition) is 5. The lowest BCUT2D eigenvalue weighted by atomic mass is 10.0. The number of amides is 1. The first-order chi connectivity index (χ1) is 14.0. The predicted octanol–water partition coefficient (Wildman–Crippen LogP) is 3.47. The van der Waals surface area contributed by atoms with Gasteiger partial charge in [0.05, 0.1) is 5.52 Å². The molecule has 29 heavy (non-hydrogen) atoms. The summed E-state index contributed by atoms with van der Waals surface area (Å²) < 4.78 is 2.01. The van der Waals surface area contributed by atoms with Crippen LogP contribution in [0.4, 0.5) is 5.95 Å². The lowest BCUT2D eigenvalue weighted by Gasteiger charge is -2.41. The van der Waals surface area contributed by atoms with Gasteiger partial charge in [0, 0.05) is 42.0 Å². The second kappa shape index (κ2) is 7.13. The SMILES string of the molecule is Cc1nnc2c3ccc(Cl)cc3nc(N3CCN(C(=O)C4CCCC4)C(C)C3)n12. The predicted molar refractivity (Wildman–Crippen MR) is 113 cm³/mol. The molecule has 152 valence electrons. The van der Waals surface area contributed by atoms with Crippen molar-refractivity contribution in [2.45, 2.75) is 45.6 Å². The van der Waals surface area contributed by atoms with E-state index in [2.05, 4.69) is 26.9 Å². The van der Waals surface area contributed by atoms with E-state index in [1.165, 1.54) is 12.8 Å². The van der Waals surface area contributed by atoms with E-state index < -0.39 is 0 Å². The molecule has 5 rings (SSSR count). The van der Waals surface area contributed by atoms with Gasteiger partial charge in [-0.05, 0) is 44.9 Å². The van der Waals surface area contributed by atoms with Gasteiger partial charge in [0.25, 0.3) is 0 Å². The molecule has 0 bridgehead atoms. The Morgan fingerprint density at radius 1 is 1.17 bits per heavy atom. The van der Waals surface area contributed by atoms with E-state index in [0.29, 0.717) is 17.5 Å². The standard InChI is InChI=1S/C21H25ClN6O/c1-13-12-26(9-10-27(13)20(29)15-5-3-4-6-15)21-23-18-11-16(22)7-8-17(18)19-25-24-14(2)28(19)21/h7-8,11,13,15H,3-6,9-10,12H2,1-2H3. The molecule has 0 radical (unpaired) electrons. The molecule has 1 atom stereocenters. The van der Waals surface area contributed by atoms with Crippen molar-refractivity contribution in [2.75, 3.05) is 24.5 Å². The second-order valence-corrected chi connectivity index (χ2v) is 8.72. The molecule has 1 aliphatic carbocycles. The number of nitrogens with zero attached hydrogens (tertiary/aromatic N) is 6. The fourth-order valence-electron chi connectivity index (χ4n) is 4.81. The number of fused-ring (bicyclic) bond motifs is 3. The minimum atomic E-state index is 0.139. The summed E-state index contributed by atoms with van der Waals surface area (Å²) in [7, 11) is 0. The molecular formula is C21H25ClN6O. The lowest BCUT2D eigenvalue weighted by Crippen LogP contribution is -2.55. The quantitative estimate of drug-likeness (QED) is 0.644. The Balaban J connectivity index is 1.49. The normalized spacial score (nSPS) is 20.9. The highest BCUT2D eigenvalue weighted by Gasteiger charge is 2.34. The van der Waals surface area contributed by atoms with Crippen molar-refractivity contribution >= 4 is 40.0 Å². The summed E-state index contributed by atoms with van der Waals surface area (Å²) in [6.07, 6.45) is 4.44. The van der Waals surface area contributed by atoms with Gasteiger partial charge in [-0.15, -0.1) is 10.2 Å². The number of piperazine rings is 1. The van der Waals surface area contributed by atoms with Crippen molar-refractivity contribution in [3.05, 3.63) is 29.0 Å². The molecule has 7 nitrogen and oxygen atoms in total. The van der Waals surface area contributed by atoms with Gasteiger partial charge in [0.15, 0.2) is 5.65 Å². The summed E-state index contributed by atoms with van der Waals surface area (Å²) in [4.78, 5) is 22.2. The van der Waals surface area contributed by atoms with Crippen LogP contribution in [-0.2, 0) is 4.79 Å². The molecule has 3 heterocycles. The van der Waals surface area contributed by atoms with E-state index in [0.717, 1.165) is 54.3 Å². The average Bonchev–Trinajstić information content (AvgIpc) is 3.37. The van der Waals surface area contributed by atoms with Crippen LogP contribution in [0.15, 0.2) is 18.2 Å². The maximum Gasteiger partial charge on any atom is 0.226 e. The first-order valence-corrected chi connectivity index (χ1v) is 10.8. The number of aryl methyl sites for hydroxylation is 1. The molecule has 3 aromatic rings. The van der Waals surface area contributed by atoms with E-state index in [-0.39, 0.29) is 12.0 Å². The highest BCUT2D eigenvalue weighted by Crippen LogP contribution is 2.30. The zero-order valence-corrected chi connectivity index (χ0v) is 17.6. The summed E-state index contributed by atoms with van der Waals surface area (Å²) in [5, 5.41) is 10.3. The Morgan fingerprint density at radius 2 is 1.97 bits per heavy atom. The first kappa shape index (κ1) is 18.6. The number of aromatic nitrogens is 4. The topological polar surface area (TPSA) is 66.6 Å². The van der Waals surface area contributed by atoms with Crippen molar-refractivity contribution in [3.8, 4) is 0 Å². The maximum absolute atomic E-state index is 12.9. The molecule has 0 N–H and O–H groups in total. The molecule has 1 aromatic carbocycles. The third-order valence-electron chi connectivity index (χ3n) is 6.34. The molecule has 2 aromatic heterocycles. The molecular weight excluding hydrogens is 388 g/mol. The molecule has 0 spiro atoms. The van der Waals surface area contributed by atoms with Gasteiger partial charge >= 0.3 is 0 Å². The minimum absolute atomic E-state index is 0.139. The third kappa shape index (κ3) is 3.12. The highest BCUT2D eigenvalue weighted by atomic mass is 35.5. The van der Waals surface area contributed by atoms with Crippen LogP contribution in [0.3, 0.4) is 0 Å². The molecule has 1 amide bonds. The molecule has 2 aliphatic rings. The maximum atomic E-state index is 12.9. The van der Waals surface area contributed by atoms with Crippen LogP contribution in [0.2, 0.25) is 5.02 Å². The Hall–Kier alpha value is -2.41. The van der Waals surface area contributed by atoms with E-state index in [4.69, 9.17) is 16.6 Å². The fraction of sp³-hybridized carbons (Fsp3) is 0.524. The average molecular weight is 413 g/mol. The summed E-state index contributed by atoms with van der Waals surface area (Å²) in [6, 6.07) is 5.80. The Bertz CT molecular complexity index is 1090. The van der Waals surface area contributed by atoms with Gasteiger partial charge in [-0.25, -0.2) is 9.38 Å². The number of anilines is 1. The number of rotatable bonds is 2. The second-order valence-electron chi connectivity index (χ2n) is 8.29. The van der Waals surface area contributed by atoms with E-state index in [9.17, 15) is 4.79 Å². The fourth-order valence-corrected chi connectivity index (χ4v) is 4.97. The van der Waals surface area contributed by atoms with Crippen LogP contribution in [0.5, 0.6) is 0 Å². The molecule has 1 saturated carbocycles. The Kier molecular flexibility index (Phi) is 4.57. The van der Waals surface area contributed by atoms with E-state index in [1.54, 1.807) is 0 Å². The van der Waals surface area contributed by atoms with Gasteiger partial charge < -0.3 is 9.80 Å². The lowest BCUT2D eigenvalue weighted by molar-refractivity contribution is -0.137. The van der Waals surface area contributed by atoms with Crippen molar-refractivity contribution in [1.82, 2.24) is 24.5 Å². The summed E-state index contributed by atoms with van der Waals surface area (Å²) >= 11 is 6.21. The van der Waals surface area contributed by atoms with Gasteiger partial charge in [0.2, 0.25) is 11.9 Å². The molecule has 1 unspecified atom stereocenters. The van der Waals surface area contributed by atoms with Crippen LogP contribution in [0.1, 0.15) is 38.4 Å². The van der Waals surface area contributed by atoms with Crippen molar-refractivity contribution in [3.63, 3.8) is 0 Å². The monoisotopic (exact) mass is 412 g/mol. The van der Waals surface area contributed by atoms with Crippen LogP contribution in [0, 0.1) is 12.8 Å². The Labute approximate surface area is 174 Å². The third-order valence-corrected chi connectivity index (χ3v) is 6.58. The summed E-state index contributed by atoms with van der Waals surface area (Å²) in [5.41, 5.74) is 1.60. The van der Waals surface area contributed by atoms with Gasteiger partial charge in [-0.1, -0.05) is 24.4 Å². The van der Waals surface area contributed by atoms with Crippen molar-refractivity contribution < 1.29 is 4.79 Å². The van der Waals surface area contributed by atoms with E-state index in [1.807, 2.05) is 29.5 Å². The van der Waals surface area contributed by atoms with Crippen LogP contribution >= 0.6 is 11.6 Å². The number of benzene rings is 1. The number of carbonyl (C=O) groups is 1. The number of hydrogen-bond donors (Lipinski definition) is 0. The van der Waals surface area contributed by atoms with Crippen LogP contribution < -0.4 is 4.90 Å². The smallest absolute Gasteiger partial charge is 0.226 e. The minimum Gasteiger partial charge on any atom is -0.338 e. The summed E-state index contributed by atoms with van der Waals surface area (Å²) in [6.45, 7) is 6.27. The molecule has 1 aliphatic heterocycles. The number of carbonyl (C=O) groups excluding carboxylic acids is 1. The van der Waals surface area contributed by atoms with Gasteiger partial charge in [-0.3, -0.25) is 4.79 Å². The summed E-state index contributed by atoms with van der Waals surface area (Å²) in [5.74, 6) is 2.17. The zero-order valence-electron chi connectivity index (χ0n) is 16.8. The highest BCUT2D eigenvalue weighted by molar-refractivity contribution is 6.31. The van der Waals surface area contributed by atoms with E-state index >= 15 is 0 Å². The molecule has 8 heteroatoms. The molecule has 1 saturated heterocycles. The molecule has 2 fully saturated rings. The van der Waals surface area contributed by atoms with Gasteiger partial charge in [0.1, 0.15) is 5.82 Å². The largest absolute Gasteiger partial charge is 0.338 e. The van der Waals surface area contributed by atoms with Crippen LogP contribution in [0.25, 0.3) is 16.6 Å². The number of halogens is 1. The van der Waals surface area contributed by atoms with Gasteiger partial charge in [-0.2, -0.15) is 0 Å². The Morgan fingerprint density at radius 3 is 2.72 bits per heavy atom. The van der Waals surface area contributed by atoms with Crippen LogP contribution in [-0.4, -0.2) is 56.1 Å².